The second kappa shape index (κ2) is 3.13. The summed E-state index contributed by atoms with van der Waals surface area (Å²) in [5.41, 5.74) is 4.39. The molecule has 3 amide bonds. The molecule has 0 fully saturated rings. The molecular weight excluding hydrogens is 164 g/mol. The molecule has 0 aliphatic carbocycles. The predicted molar refractivity (Wildman–Crippen MR) is 30.2 cm³/mol. The monoisotopic (exact) mass is 168 g/mol. The highest BCUT2D eigenvalue weighted by molar-refractivity contribution is 7.78. The highest BCUT2D eigenvalue weighted by atomic mass is 32.2. The molecule has 1 unspecified atom stereocenters. The Labute approximate surface area is 57.8 Å². The Morgan fingerprint density at radius 2 is 1.90 bits per heavy atom. The average Bonchev–Trinajstić information content (AvgIpc) is 1.59. The number of hydrogen-bond donors (Lipinski definition) is 3. The molecule has 0 bridgehead atoms. The van der Waals surface area contributed by atoms with E-state index >= 15 is 0 Å². The Morgan fingerprint density at radius 3 is 1.90 bits per heavy atom. The molecule has 8 heteroatoms. The highest BCUT2D eigenvalue weighted by Gasteiger charge is 2.23. The normalized spacial score (nSPS) is 12.1. The first-order valence-corrected chi connectivity index (χ1v) is 2.96. The number of carboxylic acid groups (broad SMARTS) is 1. The van der Waals surface area contributed by atoms with E-state index in [9.17, 15) is 13.8 Å². The van der Waals surface area contributed by atoms with E-state index in [1.165, 1.54) is 0 Å². The van der Waals surface area contributed by atoms with Crippen LogP contribution in [0.3, 0.4) is 0 Å². The van der Waals surface area contributed by atoms with Crippen LogP contribution in [0.4, 0.5) is 9.59 Å². The van der Waals surface area contributed by atoms with Gasteiger partial charge in [0.25, 0.3) is 11.3 Å². The summed E-state index contributed by atoms with van der Waals surface area (Å²) in [4.78, 5) is 19.9. The maximum Gasteiger partial charge on any atom is 0.429 e. The molecule has 0 aliphatic heterocycles. The molecule has 4 N–H and O–H groups in total. The molecule has 0 rings (SSSR count). The zero-order valence-electron chi connectivity index (χ0n) is 4.55. The van der Waals surface area contributed by atoms with Crippen molar-refractivity contribution in [2.75, 3.05) is 0 Å². The third kappa shape index (κ3) is 1.99. The topological polar surface area (TPSA) is 121 Å². The summed E-state index contributed by atoms with van der Waals surface area (Å²) in [7, 11) is 0. The molecule has 1 atom stereocenters. The van der Waals surface area contributed by atoms with Crippen molar-refractivity contribution in [2.24, 2.45) is 5.73 Å². The maximum absolute atomic E-state index is 10.00. The highest BCUT2D eigenvalue weighted by Crippen LogP contribution is 1.91. The zero-order chi connectivity index (χ0) is 8.31. The molecule has 7 nitrogen and oxygen atoms in total. The van der Waals surface area contributed by atoms with E-state index in [-0.39, 0.29) is 0 Å². The summed E-state index contributed by atoms with van der Waals surface area (Å²) in [5.74, 6) is 0. The number of hydrogen-bond acceptors (Lipinski definition) is 3. The van der Waals surface area contributed by atoms with Crippen LogP contribution < -0.4 is 5.73 Å². The molecule has 0 spiro atoms. The minimum atomic E-state index is -2.90. The number of primary amides is 1. The van der Waals surface area contributed by atoms with Crippen LogP contribution in [-0.2, 0) is 11.3 Å². The standard InChI is InChI=1S/C2H4N2O5S/c3-1(5)4(2(6)7)10(8)9/h(H2,3,5)(H,6,7)(H,8,9). The molecule has 0 aromatic rings. The first kappa shape index (κ1) is 8.85. The van der Waals surface area contributed by atoms with Gasteiger partial charge in [-0.15, -0.1) is 4.31 Å². The van der Waals surface area contributed by atoms with Crippen LogP contribution >= 0.6 is 0 Å². The number of carbonyl (C=O) groups is 2. The van der Waals surface area contributed by atoms with E-state index in [1.807, 2.05) is 0 Å². The summed E-state index contributed by atoms with van der Waals surface area (Å²) in [6.45, 7) is 0. The van der Waals surface area contributed by atoms with Gasteiger partial charge in [-0.25, -0.2) is 13.8 Å². The number of carbonyl (C=O) groups excluding carboxylic acids is 1. The van der Waals surface area contributed by atoms with Crippen LogP contribution in [0, 0.1) is 0 Å². The Kier molecular flexibility index (Phi) is 2.77. The molecule has 0 aromatic carbocycles. The van der Waals surface area contributed by atoms with Crippen LogP contribution in [0.25, 0.3) is 0 Å². The third-order valence-electron chi connectivity index (χ3n) is 0.530. The van der Waals surface area contributed by atoms with Crippen molar-refractivity contribution in [1.82, 2.24) is 4.31 Å². The van der Waals surface area contributed by atoms with Gasteiger partial charge in [-0.05, 0) is 0 Å². The molecule has 58 valence electrons. The minimum absolute atomic E-state index is 0.417. The fourth-order valence-corrected chi connectivity index (χ4v) is 0.526. The number of nitrogens with two attached hydrogens (primary N) is 1. The van der Waals surface area contributed by atoms with Gasteiger partial charge >= 0.3 is 12.1 Å². The Hall–Kier alpha value is -1.15. The van der Waals surface area contributed by atoms with Gasteiger partial charge in [0.2, 0.25) is 0 Å². The summed E-state index contributed by atoms with van der Waals surface area (Å²) in [5, 5.41) is 7.99. The van der Waals surface area contributed by atoms with Crippen molar-refractivity contribution in [3.63, 3.8) is 0 Å². The second-order valence-corrected chi connectivity index (χ2v) is 1.97. The van der Waals surface area contributed by atoms with E-state index in [1.54, 1.807) is 0 Å². The molecule has 0 aliphatic rings. The Bertz CT molecular complexity index is 157. The number of urea groups is 1. The predicted octanol–water partition coefficient (Wildman–Crippen LogP) is -0.818. The van der Waals surface area contributed by atoms with Crippen LogP contribution in [0.1, 0.15) is 0 Å². The van der Waals surface area contributed by atoms with Gasteiger partial charge < -0.3 is 10.8 Å². The average molecular weight is 168 g/mol. The zero-order valence-corrected chi connectivity index (χ0v) is 5.37. The molecule has 0 aromatic heterocycles. The van der Waals surface area contributed by atoms with Crippen LogP contribution in [-0.4, -0.2) is 30.3 Å². The molecule has 10 heavy (non-hydrogen) atoms. The van der Waals surface area contributed by atoms with Gasteiger partial charge in [0.05, 0.1) is 0 Å². The van der Waals surface area contributed by atoms with E-state index in [4.69, 9.17) is 9.66 Å². The van der Waals surface area contributed by atoms with Gasteiger partial charge in [-0.1, -0.05) is 0 Å². The lowest BCUT2D eigenvalue weighted by Gasteiger charge is -2.06. The number of imide groups is 1. The van der Waals surface area contributed by atoms with Crippen molar-refractivity contribution in [1.29, 1.82) is 0 Å². The number of rotatable bonds is 1. The molecule has 0 saturated heterocycles. The largest absolute Gasteiger partial charge is 0.464 e. The third-order valence-corrected chi connectivity index (χ3v) is 1.18. The second-order valence-electron chi connectivity index (χ2n) is 1.15. The lowest BCUT2D eigenvalue weighted by molar-refractivity contribution is 0.172. The first-order chi connectivity index (χ1) is 4.46. The van der Waals surface area contributed by atoms with Crippen LogP contribution in [0.15, 0.2) is 0 Å². The quantitative estimate of drug-likeness (QED) is 0.441. The van der Waals surface area contributed by atoms with Crippen molar-refractivity contribution in [3.8, 4) is 0 Å². The van der Waals surface area contributed by atoms with Gasteiger partial charge in [-0.3, -0.25) is 4.55 Å². The first-order valence-electron chi connectivity index (χ1n) is 1.90. The lowest BCUT2D eigenvalue weighted by Crippen LogP contribution is -2.40. The van der Waals surface area contributed by atoms with Crippen molar-refractivity contribution in [3.05, 3.63) is 0 Å². The number of amides is 3. The van der Waals surface area contributed by atoms with Crippen LogP contribution in [0.5, 0.6) is 0 Å². The molecule has 0 heterocycles. The van der Waals surface area contributed by atoms with Gasteiger partial charge in [0, 0.05) is 0 Å². The van der Waals surface area contributed by atoms with Crippen molar-refractivity contribution >= 4 is 23.4 Å². The minimum Gasteiger partial charge on any atom is -0.464 e. The molecule has 0 radical (unpaired) electrons. The van der Waals surface area contributed by atoms with E-state index in [0.717, 1.165) is 0 Å². The van der Waals surface area contributed by atoms with Gasteiger partial charge in [0.1, 0.15) is 0 Å². The maximum atomic E-state index is 10.00. The lowest BCUT2D eigenvalue weighted by atomic mass is 11.0. The molecule has 0 saturated carbocycles. The fraction of sp³-hybridized carbons (Fsp3) is 0. The van der Waals surface area contributed by atoms with Gasteiger partial charge in [-0.2, -0.15) is 0 Å². The smallest absolute Gasteiger partial charge is 0.429 e. The Balaban J connectivity index is 4.43. The fourth-order valence-electron chi connectivity index (χ4n) is 0.238. The number of nitrogens with zero attached hydrogens (tertiary/aromatic N) is 1. The molecular formula is C2H4N2O5S. The SMILES string of the molecule is NC(=O)N(C(=O)O)S(=O)O. The van der Waals surface area contributed by atoms with E-state index < -0.39 is 27.7 Å². The van der Waals surface area contributed by atoms with Crippen molar-refractivity contribution < 1.29 is 23.5 Å². The van der Waals surface area contributed by atoms with E-state index in [2.05, 4.69) is 5.73 Å². The van der Waals surface area contributed by atoms with Gasteiger partial charge in [0.15, 0.2) is 0 Å². The van der Waals surface area contributed by atoms with Crippen LogP contribution in [0.2, 0.25) is 0 Å². The summed E-state index contributed by atoms with van der Waals surface area (Å²) in [6, 6.07) is -1.49. The van der Waals surface area contributed by atoms with Crippen molar-refractivity contribution in [2.45, 2.75) is 0 Å². The van der Waals surface area contributed by atoms with E-state index in [0.29, 0.717) is 0 Å². The summed E-state index contributed by atoms with van der Waals surface area (Å²) >= 11 is -2.90. The Morgan fingerprint density at radius 1 is 1.50 bits per heavy atom. The summed E-state index contributed by atoms with van der Waals surface area (Å²) < 4.78 is 17.6. The summed E-state index contributed by atoms with van der Waals surface area (Å²) in [6.07, 6.45) is -1.87.